The van der Waals surface area contributed by atoms with Gasteiger partial charge in [0.15, 0.2) is 5.96 Å². The maximum atomic E-state index is 6.01. The van der Waals surface area contributed by atoms with Gasteiger partial charge in [0.05, 0.1) is 6.04 Å². The predicted molar refractivity (Wildman–Crippen MR) is 91.0 cm³/mol. The number of nitrogens with two attached hydrogens (primary N) is 1. The quantitative estimate of drug-likeness (QED) is 0.473. The molecule has 2 aliphatic rings. The van der Waals surface area contributed by atoms with Crippen LogP contribution in [0.25, 0.3) is 0 Å². The minimum atomic E-state index is 0. The maximum Gasteiger partial charge on any atom is 0.193 e. The molecule has 1 aromatic rings. The van der Waals surface area contributed by atoms with Gasteiger partial charge in [-0.05, 0) is 43.2 Å². The van der Waals surface area contributed by atoms with Crippen LogP contribution in [0.5, 0.6) is 0 Å². The van der Waals surface area contributed by atoms with Crippen LogP contribution in [-0.2, 0) is 0 Å². The summed E-state index contributed by atoms with van der Waals surface area (Å²) in [4.78, 5) is 4.70. The Balaban J connectivity index is 0.00000133. The van der Waals surface area contributed by atoms with E-state index in [1.807, 2.05) is 30.3 Å². The molecule has 3 rings (SSSR count). The summed E-state index contributed by atoms with van der Waals surface area (Å²) < 4.78 is 0. The van der Waals surface area contributed by atoms with Gasteiger partial charge in [-0.25, -0.2) is 4.99 Å². The van der Waals surface area contributed by atoms with Gasteiger partial charge in [0.1, 0.15) is 0 Å². The van der Waals surface area contributed by atoms with Crippen LogP contribution in [0.15, 0.2) is 35.3 Å². The first kappa shape index (κ1) is 14.6. The summed E-state index contributed by atoms with van der Waals surface area (Å²) in [6.07, 6.45) is 7.99. The lowest BCUT2D eigenvalue weighted by Crippen LogP contribution is -2.43. The fourth-order valence-corrected chi connectivity index (χ4v) is 3.42. The van der Waals surface area contributed by atoms with E-state index in [2.05, 4.69) is 5.32 Å². The first-order chi connectivity index (χ1) is 8.78. The number of hydrogen-bond donors (Lipinski definition) is 2. The summed E-state index contributed by atoms with van der Waals surface area (Å²) in [5.41, 5.74) is 7.52. The third-order valence-electron chi connectivity index (χ3n) is 4.56. The maximum absolute atomic E-state index is 6.01. The topological polar surface area (TPSA) is 50.4 Å². The second kappa shape index (κ2) is 6.11. The molecular weight excluding hydrogens is 349 g/mol. The third kappa shape index (κ3) is 3.04. The monoisotopic (exact) mass is 371 g/mol. The molecule has 1 atom stereocenters. The zero-order chi connectivity index (χ0) is 12.4. The van der Waals surface area contributed by atoms with E-state index >= 15 is 0 Å². The fourth-order valence-electron chi connectivity index (χ4n) is 3.42. The number of anilines is 1. The molecular formula is C15H22IN3. The van der Waals surface area contributed by atoms with Gasteiger partial charge < -0.3 is 11.1 Å². The van der Waals surface area contributed by atoms with E-state index in [9.17, 15) is 0 Å². The number of nitrogens with one attached hydrogen (secondary N) is 1. The molecule has 0 bridgehead atoms. The first-order valence-corrected chi connectivity index (χ1v) is 6.94. The van der Waals surface area contributed by atoms with Crippen molar-refractivity contribution in [1.29, 1.82) is 0 Å². The number of halogens is 1. The highest BCUT2D eigenvalue weighted by Crippen LogP contribution is 2.54. The Morgan fingerprint density at radius 1 is 1.16 bits per heavy atom. The third-order valence-corrected chi connectivity index (χ3v) is 4.56. The molecule has 3 nitrogen and oxygen atoms in total. The van der Waals surface area contributed by atoms with Crippen molar-refractivity contribution in [2.24, 2.45) is 16.1 Å². The summed E-state index contributed by atoms with van der Waals surface area (Å²) in [6, 6.07) is 10.5. The lowest BCUT2D eigenvalue weighted by molar-refractivity contribution is 0.104. The predicted octanol–water partition coefficient (Wildman–Crippen LogP) is 3.75. The Labute approximate surface area is 132 Å². The first-order valence-electron chi connectivity index (χ1n) is 6.94. The Bertz CT molecular complexity index is 438. The fraction of sp³-hybridized carbons (Fsp3) is 0.533. The van der Waals surface area contributed by atoms with Gasteiger partial charge in [0.2, 0.25) is 0 Å². The smallest absolute Gasteiger partial charge is 0.193 e. The van der Waals surface area contributed by atoms with Gasteiger partial charge in [-0.15, -0.1) is 24.0 Å². The molecule has 0 radical (unpaired) electrons. The molecule has 19 heavy (non-hydrogen) atoms. The molecule has 0 aromatic heterocycles. The van der Waals surface area contributed by atoms with Gasteiger partial charge in [-0.1, -0.05) is 31.0 Å². The summed E-state index contributed by atoms with van der Waals surface area (Å²) in [7, 11) is 0. The molecule has 0 amide bonds. The molecule has 0 saturated heterocycles. The number of aliphatic imine (C=N–C) groups is 1. The van der Waals surface area contributed by atoms with E-state index in [-0.39, 0.29) is 24.0 Å². The molecule has 104 valence electrons. The van der Waals surface area contributed by atoms with Gasteiger partial charge >= 0.3 is 0 Å². The van der Waals surface area contributed by atoms with E-state index in [0.717, 1.165) is 5.69 Å². The molecule has 1 spiro atoms. The number of para-hydroxylation sites is 1. The van der Waals surface area contributed by atoms with E-state index in [0.29, 0.717) is 17.4 Å². The normalized spacial score (nSPS) is 24.6. The van der Waals surface area contributed by atoms with Crippen LogP contribution in [0.4, 0.5) is 5.69 Å². The van der Waals surface area contributed by atoms with Crippen molar-refractivity contribution < 1.29 is 0 Å². The molecule has 0 heterocycles. The second-order valence-electron chi connectivity index (χ2n) is 5.63. The lowest BCUT2D eigenvalue weighted by atomic mass is 9.63. The molecule has 1 aromatic carbocycles. The number of nitrogens with zero attached hydrogens (tertiary/aromatic N) is 1. The van der Waals surface area contributed by atoms with E-state index in [1.165, 1.54) is 38.5 Å². The zero-order valence-corrected chi connectivity index (χ0v) is 13.5. The minimum absolute atomic E-state index is 0. The Morgan fingerprint density at radius 3 is 2.42 bits per heavy atom. The number of hydrogen-bond acceptors (Lipinski definition) is 1. The summed E-state index contributed by atoms with van der Waals surface area (Å²) in [5, 5.41) is 3.18. The van der Waals surface area contributed by atoms with Gasteiger partial charge in [0.25, 0.3) is 0 Å². The zero-order valence-electron chi connectivity index (χ0n) is 11.1. The summed E-state index contributed by atoms with van der Waals surface area (Å²) >= 11 is 0. The van der Waals surface area contributed by atoms with Crippen LogP contribution in [0.1, 0.15) is 38.5 Å². The van der Waals surface area contributed by atoms with E-state index in [1.54, 1.807) is 0 Å². The molecule has 0 aliphatic heterocycles. The SMILES string of the molecule is I.NC(=NC1CCC12CCCC2)Nc1ccccc1. The Kier molecular flexibility index (Phi) is 4.71. The van der Waals surface area contributed by atoms with Crippen LogP contribution < -0.4 is 11.1 Å². The van der Waals surface area contributed by atoms with Crippen LogP contribution in [0.2, 0.25) is 0 Å². The molecule has 2 saturated carbocycles. The Hall–Kier alpha value is -0.780. The standard InChI is InChI=1S/C15H21N3.HI/c16-14(17-12-6-2-1-3-7-12)18-13-8-11-15(13)9-4-5-10-15;/h1-3,6-7,13H,4-5,8-11H2,(H3,16,17,18);1H. The van der Waals surface area contributed by atoms with Crippen molar-refractivity contribution in [3.05, 3.63) is 30.3 Å². The van der Waals surface area contributed by atoms with Gasteiger partial charge in [0, 0.05) is 5.69 Å². The van der Waals surface area contributed by atoms with Crippen LogP contribution >= 0.6 is 24.0 Å². The highest BCUT2D eigenvalue weighted by Gasteiger charge is 2.48. The van der Waals surface area contributed by atoms with E-state index in [4.69, 9.17) is 10.7 Å². The van der Waals surface area contributed by atoms with Crippen LogP contribution in [0.3, 0.4) is 0 Å². The van der Waals surface area contributed by atoms with Crippen molar-refractivity contribution in [3.8, 4) is 0 Å². The minimum Gasteiger partial charge on any atom is -0.370 e. The Morgan fingerprint density at radius 2 is 1.84 bits per heavy atom. The van der Waals surface area contributed by atoms with Gasteiger partial charge in [-0.2, -0.15) is 0 Å². The highest BCUT2D eigenvalue weighted by atomic mass is 127. The largest absolute Gasteiger partial charge is 0.370 e. The lowest BCUT2D eigenvalue weighted by Gasteiger charge is -2.45. The van der Waals surface area contributed by atoms with Crippen molar-refractivity contribution in [2.75, 3.05) is 5.32 Å². The van der Waals surface area contributed by atoms with Gasteiger partial charge in [-0.3, -0.25) is 0 Å². The molecule has 2 aliphatic carbocycles. The average molecular weight is 371 g/mol. The summed E-state index contributed by atoms with van der Waals surface area (Å²) in [5.74, 6) is 0.567. The molecule has 3 N–H and O–H groups in total. The van der Waals surface area contributed by atoms with E-state index < -0.39 is 0 Å². The number of guanidine groups is 1. The number of rotatable bonds is 2. The van der Waals surface area contributed by atoms with Crippen LogP contribution in [0, 0.1) is 5.41 Å². The van der Waals surface area contributed by atoms with Crippen molar-refractivity contribution in [1.82, 2.24) is 0 Å². The second-order valence-corrected chi connectivity index (χ2v) is 5.63. The van der Waals surface area contributed by atoms with Crippen molar-refractivity contribution in [3.63, 3.8) is 0 Å². The van der Waals surface area contributed by atoms with Crippen LogP contribution in [-0.4, -0.2) is 12.0 Å². The molecule has 1 unspecified atom stereocenters. The highest BCUT2D eigenvalue weighted by molar-refractivity contribution is 14.0. The summed E-state index contributed by atoms with van der Waals surface area (Å²) in [6.45, 7) is 0. The average Bonchev–Trinajstić information content (AvgIpc) is 2.88. The van der Waals surface area contributed by atoms with Crippen molar-refractivity contribution in [2.45, 2.75) is 44.6 Å². The van der Waals surface area contributed by atoms with Crippen molar-refractivity contribution >= 4 is 35.6 Å². The molecule has 4 heteroatoms. The molecule has 2 fully saturated rings. The number of benzene rings is 1.